The minimum atomic E-state index is -3.65. The molecule has 2 saturated carbocycles. The van der Waals surface area contributed by atoms with Crippen molar-refractivity contribution in [3.05, 3.63) is 58.6 Å². The minimum absolute atomic E-state index is 0.178. The maximum atomic E-state index is 11.5. The Morgan fingerprint density at radius 1 is 1.14 bits per heavy atom. The number of nitrogens with two attached hydrogens (primary N) is 1. The summed E-state index contributed by atoms with van der Waals surface area (Å²) in [6.45, 7) is 0. The van der Waals surface area contributed by atoms with Gasteiger partial charge in [0.1, 0.15) is 5.75 Å². The molecule has 2 atom stereocenters. The summed E-state index contributed by atoms with van der Waals surface area (Å²) in [4.78, 5) is 0.178. The van der Waals surface area contributed by atoms with Gasteiger partial charge in [-0.25, -0.2) is 13.6 Å². The summed E-state index contributed by atoms with van der Waals surface area (Å²) in [6, 6.07) is 13.0. The van der Waals surface area contributed by atoms with Gasteiger partial charge >= 0.3 is 0 Å². The van der Waals surface area contributed by atoms with Crippen LogP contribution >= 0.6 is 11.6 Å². The number of benzene rings is 2. The first-order valence-corrected chi connectivity index (χ1v) is 11.7. The predicted octanol–water partition coefficient (Wildman–Crippen LogP) is 4.90. The molecule has 2 N–H and O–H groups in total. The molecule has 1 spiro atoms. The molecular formula is C22H26ClNO3S. The van der Waals surface area contributed by atoms with Gasteiger partial charge in [-0.2, -0.15) is 0 Å². The minimum Gasteiger partial charge on any atom is -0.496 e. The van der Waals surface area contributed by atoms with Gasteiger partial charge in [0, 0.05) is 5.02 Å². The zero-order valence-electron chi connectivity index (χ0n) is 16.0. The highest BCUT2D eigenvalue weighted by Crippen LogP contribution is 2.73. The molecule has 0 radical (unpaired) electrons. The molecule has 6 heteroatoms. The second-order valence-corrected chi connectivity index (χ2v) is 10.1. The van der Waals surface area contributed by atoms with Gasteiger partial charge in [-0.15, -0.1) is 0 Å². The molecule has 0 aromatic heterocycles. The Kier molecular flexibility index (Phi) is 5.19. The molecule has 4 rings (SSSR count). The average Bonchev–Trinajstić information content (AvgIpc) is 3.00. The number of rotatable bonds is 6. The average molecular weight is 420 g/mol. The smallest absolute Gasteiger partial charge is 0.238 e. The van der Waals surface area contributed by atoms with Crippen LogP contribution < -0.4 is 9.88 Å². The number of primary sulfonamides is 1. The number of methoxy groups -OCH3 is 1. The van der Waals surface area contributed by atoms with Gasteiger partial charge < -0.3 is 4.74 Å². The van der Waals surface area contributed by atoms with Crippen molar-refractivity contribution in [2.45, 2.75) is 49.3 Å². The Morgan fingerprint density at radius 3 is 2.43 bits per heavy atom. The van der Waals surface area contributed by atoms with Crippen molar-refractivity contribution in [3.8, 4) is 5.75 Å². The maximum Gasteiger partial charge on any atom is 0.238 e. The third-order valence-electron chi connectivity index (χ3n) is 6.72. The normalized spacial score (nSPS) is 23.1. The first-order valence-electron chi connectivity index (χ1n) is 9.80. The van der Waals surface area contributed by atoms with Crippen molar-refractivity contribution < 1.29 is 13.2 Å². The van der Waals surface area contributed by atoms with Crippen LogP contribution in [0, 0.1) is 11.3 Å². The monoisotopic (exact) mass is 419 g/mol. The fraction of sp³-hybridized carbons (Fsp3) is 0.455. The third kappa shape index (κ3) is 3.56. The third-order valence-corrected chi connectivity index (χ3v) is 7.88. The van der Waals surface area contributed by atoms with Crippen LogP contribution in [0.5, 0.6) is 5.75 Å². The molecule has 2 aromatic rings. The van der Waals surface area contributed by atoms with Crippen molar-refractivity contribution in [1.82, 2.24) is 0 Å². The van der Waals surface area contributed by atoms with Crippen molar-refractivity contribution in [3.63, 3.8) is 0 Å². The number of aryl methyl sites for hydroxylation is 1. The lowest BCUT2D eigenvalue weighted by atomic mass is 9.96. The van der Waals surface area contributed by atoms with Crippen LogP contribution in [0.15, 0.2) is 47.4 Å². The molecule has 28 heavy (non-hydrogen) atoms. The fourth-order valence-corrected chi connectivity index (χ4v) is 6.14. The molecule has 0 bridgehead atoms. The van der Waals surface area contributed by atoms with E-state index in [0.717, 1.165) is 29.2 Å². The summed E-state index contributed by atoms with van der Waals surface area (Å²) in [5.41, 5.74) is 2.75. The largest absolute Gasteiger partial charge is 0.496 e. The highest BCUT2D eigenvalue weighted by molar-refractivity contribution is 7.89. The zero-order valence-corrected chi connectivity index (χ0v) is 17.6. The second kappa shape index (κ2) is 7.36. The molecule has 0 saturated heterocycles. The Labute approximate surface area is 172 Å². The topological polar surface area (TPSA) is 69.4 Å². The van der Waals surface area contributed by atoms with E-state index in [1.54, 1.807) is 19.2 Å². The molecule has 2 fully saturated rings. The lowest BCUT2D eigenvalue weighted by molar-refractivity contribution is 0.406. The van der Waals surface area contributed by atoms with Gasteiger partial charge in [-0.3, -0.25) is 0 Å². The van der Waals surface area contributed by atoms with Crippen LogP contribution in [0.1, 0.15) is 49.1 Å². The SMILES string of the molecule is COc1ccc(Cl)cc1CC[C@H]1[C@H](c2ccc(S(N)(=O)=O)cc2)C12CCCC2. The van der Waals surface area contributed by atoms with Gasteiger partial charge in [-0.05, 0) is 84.4 Å². The first-order chi connectivity index (χ1) is 13.3. The van der Waals surface area contributed by atoms with Crippen molar-refractivity contribution in [1.29, 1.82) is 0 Å². The van der Waals surface area contributed by atoms with Gasteiger partial charge in [0.15, 0.2) is 0 Å². The van der Waals surface area contributed by atoms with E-state index in [0.29, 0.717) is 17.3 Å². The van der Waals surface area contributed by atoms with Crippen LogP contribution in [0.3, 0.4) is 0 Å². The predicted molar refractivity (Wildman–Crippen MR) is 111 cm³/mol. The number of hydrogen-bond donors (Lipinski definition) is 1. The molecule has 2 aliphatic carbocycles. The summed E-state index contributed by atoms with van der Waals surface area (Å²) in [7, 11) is -1.96. The first kappa shape index (κ1) is 19.7. The zero-order chi connectivity index (χ0) is 19.9. The molecule has 0 aliphatic heterocycles. The highest BCUT2D eigenvalue weighted by atomic mass is 35.5. The van der Waals surface area contributed by atoms with E-state index < -0.39 is 10.0 Å². The Hall–Kier alpha value is -1.56. The van der Waals surface area contributed by atoms with Crippen LogP contribution in [0.4, 0.5) is 0 Å². The highest BCUT2D eigenvalue weighted by Gasteiger charge is 2.64. The van der Waals surface area contributed by atoms with Crippen LogP contribution in [-0.4, -0.2) is 15.5 Å². The number of halogens is 1. The van der Waals surface area contributed by atoms with Crippen LogP contribution in [0.25, 0.3) is 0 Å². The van der Waals surface area contributed by atoms with E-state index in [-0.39, 0.29) is 4.90 Å². The van der Waals surface area contributed by atoms with E-state index in [1.807, 2.05) is 30.3 Å². The van der Waals surface area contributed by atoms with Crippen molar-refractivity contribution in [2.75, 3.05) is 7.11 Å². The summed E-state index contributed by atoms with van der Waals surface area (Å²) in [5, 5.41) is 5.98. The quantitative estimate of drug-likeness (QED) is 0.723. The van der Waals surface area contributed by atoms with Gasteiger partial charge in [-0.1, -0.05) is 36.6 Å². The van der Waals surface area contributed by atoms with Gasteiger partial charge in [0.2, 0.25) is 10.0 Å². The number of sulfonamides is 1. The fourth-order valence-electron chi connectivity index (χ4n) is 5.43. The molecule has 2 aromatic carbocycles. The molecule has 0 unspecified atom stereocenters. The lowest BCUT2D eigenvalue weighted by Gasteiger charge is -2.11. The van der Waals surface area contributed by atoms with E-state index in [2.05, 4.69) is 0 Å². The standard InChI is InChI=1S/C22H26ClNO3S/c1-27-20-11-7-17(23)14-16(20)6-10-19-21(22(19)12-2-3-13-22)15-4-8-18(9-5-15)28(24,25)26/h4-5,7-9,11,14,19,21H,2-3,6,10,12-13H2,1H3,(H2,24,25,26)/t19-,21-/m0/s1. The van der Waals surface area contributed by atoms with E-state index in [4.69, 9.17) is 21.5 Å². The maximum absolute atomic E-state index is 11.5. The molecule has 0 amide bonds. The van der Waals surface area contributed by atoms with E-state index >= 15 is 0 Å². The summed E-state index contributed by atoms with van der Waals surface area (Å²) < 4.78 is 28.6. The van der Waals surface area contributed by atoms with Crippen LogP contribution in [-0.2, 0) is 16.4 Å². The number of ether oxygens (including phenoxy) is 1. The Bertz CT molecular complexity index is 966. The summed E-state index contributed by atoms with van der Waals surface area (Å²) >= 11 is 6.19. The number of hydrogen-bond acceptors (Lipinski definition) is 3. The van der Waals surface area contributed by atoms with Gasteiger partial charge in [0.25, 0.3) is 0 Å². The Balaban J connectivity index is 1.54. The van der Waals surface area contributed by atoms with Gasteiger partial charge in [0.05, 0.1) is 12.0 Å². The van der Waals surface area contributed by atoms with Crippen molar-refractivity contribution in [2.24, 2.45) is 16.5 Å². The Morgan fingerprint density at radius 2 is 1.82 bits per heavy atom. The van der Waals surface area contributed by atoms with E-state index in [9.17, 15) is 8.42 Å². The summed E-state index contributed by atoms with van der Waals surface area (Å²) in [6.07, 6.45) is 7.09. The molecule has 0 heterocycles. The van der Waals surface area contributed by atoms with Crippen molar-refractivity contribution >= 4 is 21.6 Å². The molecule has 150 valence electrons. The van der Waals surface area contributed by atoms with Crippen LogP contribution in [0.2, 0.25) is 5.02 Å². The molecule has 2 aliphatic rings. The second-order valence-electron chi connectivity index (χ2n) is 8.13. The summed E-state index contributed by atoms with van der Waals surface area (Å²) in [5.74, 6) is 1.99. The molecule has 4 nitrogen and oxygen atoms in total. The molecular weight excluding hydrogens is 394 g/mol. The lowest BCUT2D eigenvalue weighted by Crippen LogP contribution is -2.11. The van der Waals surface area contributed by atoms with E-state index in [1.165, 1.54) is 31.2 Å².